The fourth-order valence-electron chi connectivity index (χ4n) is 2.55. The highest BCUT2D eigenvalue weighted by Crippen LogP contribution is 2.19. The van der Waals surface area contributed by atoms with Crippen LogP contribution < -0.4 is 5.32 Å². The number of hydrogen-bond acceptors (Lipinski definition) is 1. The Morgan fingerprint density at radius 1 is 1.09 bits per heavy atom. The third kappa shape index (κ3) is 3.17. The van der Waals surface area contributed by atoms with Crippen LogP contribution in [-0.2, 0) is 11.2 Å². The summed E-state index contributed by atoms with van der Waals surface area (Å²) in [4.78, 5) is 15.1. The molecule has 1 amide bonds. The Morgan fingerprint density at radius 3 is 2.73 bits per heavy atom. The zero-order valence-electron chi connectivity index (χ0n) is 12.1. The van der Waals surface area contributed by atoms with Crippen LogP contribution in [0.1, 0.15) is 18.4 Å². The highest BCUT2D eigenvalue weighted by Gasteiger charge is 2.07. The summed E-state index contributed by atoms with van der Waals surface area (Å²) in [5.74, 6) is -0.572. The Morgan fingerprint density at radius 2 is 1.86 bits per heavy atom. The van der Waals surface area contributed by atoms with E-state index in [1.54, 1.807) is 18.2 Å². The number of anilines is 1. The van der Waals surface area contributed by atoms with Crippen molar-refractivity contribution in [2.24, 2.45) is 0 Å². The van der Waals surface area contributed by atoms with Crippen LogP contribution >= 0.6 is 0 Å². The standard InChI is InChI=1S/C18H17FN2O/c19-15-8-2-4-10-17(15)21-18(22)11-5-6-13-12-20-16-9-3-1-7-14(13)16/h1-4,7-10,12,20H,5-6,11H2,(H,21,22). The van der Waals surface area contributed by atoms with E-state index in [1.807, 2.05) is 24.4 Å². The van der Waals surface area contributed by atoms with Gasteiger partial charge < -0.3 is 10.3 Å². The van der Waals surface area contributed by atoms with Crippen molar-refractivity contribution < 1.29 is 9.18 Å². The number of H-pyrrole nitrogens is 1. The average molecular weight is 296 g/mol. The van der Waals surface area contributed by atoms with Gasteiger partial charge in [0.15, 0.2) is 0 Å². The molecule has 3 nitrogen and oxygen atoms in total. The molecule has 2 N–H and O–H groups in total. The monoisotopic (exact) mass is 296 g/mol. The summed E-state index contributed by atoms with van der Waals surface area (Å²) in [5, 5.41) is 3.80. The second-order valence-electron chi connectivity index (χ2n) is 5.24. The van der Waals surface area contributed by atoms with Crippen molar-refractivity contribution >= 4 is 22.5 Å². The highest BCUT2D eigenvalue weighted by molar-refractivity contribution is 5.90. The lowest BCUT2D eigenvalue weighted by Gasteiger charge is -2.06. The zero-order chi connectivity index (χ0) is 15.4. The molecule has 1 aromatic heterocycles. The molecule has 0 fully saturated rings. The Hall–Kier alpha value is -2.62. The van der Waals surface area contributed by atoms with Crippen LogP contribution in [0.5, 0.6) is 0 Å². The van der Waals surface area contributed by atoms with Crippen LogP contribution in [0.3, 0.4) is 0 Å². The Bertz CT molecular complexity index is 794. The van der Waals surface area contributed by atoms with Gasteiger partial charge in [-0.3, -0.25) is 4.79 Å². The normalized spacial score (nSPS) is 10.8. The molecule has 0 atom stereocenters. The molecule has 4 heteroatoms. The Labute approximate surface area is 128 Å². The van der Waals surface area contributed by atoms with Crippen molar-refractivity contribution in [3.63, 3.8) is 0 Å². The molecule has 112 valence electrons. The molecule has 0 aliphatic heterocycles. The lowest BCUT2D eigenvalue weighted by molar-refractivity contribution is -0.116. The molecule has 0 spiro atoms. The largest absolute Gasteiger partial charge is 0.361 e. The number of hydrogen-bond donors (Lipinski definition) is 2. The summed E-state index contributed by atoms with van der Waals surface area (Å²) < 4.78 is 13.5. The Kier molecular flexibility index (Phi) is 4.19. The molecule has 0 saturated heterocycles. The number of nitrogens with one attached hydrogen (secondary N) is 2. The van der Waals surface area contributed by atoms with Gasteiger partial charge in [-0.25, -0.2) is 4.39 Å². The van der Waals surface area contributed by atoms with Crippen LogP contribution in [0.15, 0.2) is 54.7 Å². The number of amides is 1. The minimum atomic E-state index is -0.410. The molecule has 3 rings (SSSR count). The Balaban J connectivity index is 1.55. The number of fused-ring (bicyclic) bond motifs is 1. The van der Waals surface area contributed by atoms with E-state index in [0.29, 0.717) is 6.42 Å². The molecule has 3 aromatic rings. The summed E-state index contributed by atoms with van der Waals surface area (Å²) in [7, 11) is 0. The second kappa shape index (κ2) is 6.43. The lowest BCUT2D eigenvalue weighted by atomic mass is 10.1. The molecule has 22 heavy (non-hydrogen) atoms. The van der Waals surface area contributed by atoms with Crippen LogP contribution in [0.2, 0.25) is 0 Å². The fourth-order valence-corrected chi connectivity index (χ4v) is 2.55. The molecular formula is C18H17FN2O. The van der Waals surface area contributed by atoms with Crippen LogP contribution in [0.4, 0.5) is 10.1 Å². The number of aromatic nitrogens is 1. The molecule has 0 bridgehead atoms. The highest BCUT2D eigenvalue weighted by atomic mass is 19.1. The van der Waals surface area contributed by atoms with Crippen molar-refractivity contribution in [1.29, 1.82) is 0 Å². The molecule has 0 aliphatic rings. The van der Waals surface area contributed by atoms with Gasteiger partial charge in [-0.05, 0) is 36.6 Å². The van der Waals surface area contributed by atoms with E-state index in [2.05, 4.69) is 16.4 Å². The lowest BCUT2D eigenvalue weighted by Crippen LogP contribution is -2.12. The number of aryl methyl sites for hydroxylation is 1. The van der Waals surface area contributed by atoms with Gasteiger partial charge in [0.1, 0.15) is 5.82 Å². The van der Waals surface area contributed by atoms with Crippen molar-refractivity contribution in [1.82, 2.24) is 4.98 Å². The number of para-hydroxylation sites is 2. The number of carbonyl (C=O) groups excluding carboxylic acids is 1. The van der Waals surface area contributed by atoms with Gasteiger partial charge in [-0.1, -0.05) is 30.3 Å². The predicted molar refractivity (Wildman–Crippen MR) is 86.3 cm³/mol. The maximum atomic E-state index is 13.5. The van der Waals surface area contributed by atoms with Gasteiger partial charge >= 0.3 is 0 Å². The zero-order valence-corrected chi connectivity index (χ0v) is 12.1. The molecule has 0 aliphatic carbocycles. The van der Waals surface area contributed by atoms with Crippen LogP contribution in [0, 0.1) is 5.82 Å². The summed E-state index contributed by atoms with van der Waals surface area (Å²) in [6, 6.07) is 14.3. The fraction of sp³-hybridized carbons (Fsp3) is 0.167. The first-order valence-electron chi connectivity index (χ1n) is 7.33. The van der Waals surface area contributed by atoms with Gasteiger partial charge in [0, 0.05) is 23.5 Å². The molecule has 1 heterocycles. The maximum Gasteiger partial charge on any atom is 0.224 e. The van der Waals surface area contributed by atoms with Crippen molar-refractivity contribution in [2.45, 2.75) is 19.3 Å². The first-order valence-corrected chi connectivity index (χ1v) is 7.33. The topological polar surface area (TPSA) is 44.9 Å². The van der Waals surface area contributed by atoms with Crippen LogP contribution in [-0.4, -0.2) is 10.9 Å². The van der Waals surface area contributed by atoms with E-state index in [1.165, 1.54) is 17.0 Å². The summed E-state index contributed by atoms with van der Waals surface area (Å²) >= 11 is 0. The second-order valence-corrected chi connectivity index (χ2v) is 5.24. The number of rotatable bonds is 5. The van der Waals surface area contributed by atoms with E-state index in [0.717, 1.165) is 18.4 Å². The van der Waals surface area contributed by atoms with Crippen molar-refractivity contribution in [2.75, 3.05) is 5.32 Å². The number of aromatic amines is 1. The minimum Gasteiger partial charge on any atom is -0.361 e. The van der Waals surface area contributed by atoms with Crippen LogP contribution in [0.25, 0.3) is 10.9 Å². The first-order chi connectivity index (χ1) is 10.7. The number of carbonyl (C=O) groups is 1. The summed E-state index contributed by atoms with van der Waals surface area (Å²) in [6.45, 7) is 0. The van der Waals surface area contributed by atoms with E-state index < -0.39 is 5.82 Å². The van der Waals surface area contributed by atoms with Crippen molar-refractivity contribution in [3.05, 3.63) is 66.1 Å². The first kappa shape index (κ1) is 14.3. The van der Waals surface area contributed by atoms with E-state index in [9.17, 15) is 9.18 Å². The number of halogens is 1. The van der Waals surface area contributed by atoms with E-state index in [-0.39, 0.29) is 11.6 Å². The van der Waals surface area contributed by atoms with E-state index >= 15 is 0 Å². The molecule has 2 aromatic carbocycles. The molecule has 0 saturated carbocycles. The van der Waals surface area contributed by atoms with Gasteiger partial charge in [0.25, 0.3) is 0 Å². The number of benzene rings is 2. The quantitative estimate of drug-likeness (QED) is 0.725. The summed E-state index contributed by atoms with van der Waals surface area (Å²) in [6.07, 6.45) is 3.89. The van der Waals surface area contributed by atoms with Crippen molar-refractivity contribution in [3.8, 4) is 0 Å². The van der Waals surface area contributed by atoms with Gasteiger partial charge in [-0.2, -0.15) is 0 Å². The molecule has 0 radical (unpaired) electrons. The third-order valence-electron chi connectivity index (χ3n) is 3.67. The van der Waals surface area contributed by atoms with Gasteiger partial charge in [-0.15, -0.1) is 0 Å². The van der Waals surface area contributed by atoms with Gasteiger partial charge in [0.2, 0.25) is 5.91 Å². The molecular weight excluding hydrogens is 279 g/mol. The minimum absolute atomic E-state index is 0.162. The van der Waals surface area contributed by atoms with E-state index in [4.69, 9.17) is 0 Å². The third-order valence-corrected chi connectivity index (χ3v) is 3.67. The summed E-state index contributed by atoms with van der Waals surface area (Å²) in [5.41, 5.74) is 2.54. The van der Waals surface area contributed by atoms with Gasteiger partial charge in [0.05, 0.1) is 5.69 Å². The molecule has 0 unspecified atom stereocenters. The smallest absolute Gasteiger partial charge is 0.224 e. The average Bonchev–Trinajstić information content (AvgIpc) is 2.93. The predicted octanol–water partition coefficient (Wildman–Crippen LogP) is 4.27. The SMILES string of the molecule is O=C(CCCc1c[nH]c2ccccc12)Nc1ccccc1F. The maximum absolute atomic E-state index is 13.5.